The van der Waals surface area contributed by atoms with Crippen LogP contribution >= 0.6 is 0 Å². The second-order valence-electron chi connectivity index (χ2n) is 6.10. The van der Waals surface area contributed by atoms with Crippen LogP contribution in [0, 0.1) is 16.0 Å². The van der Waals surface area contributed by atoms with Crippen molar-refractivity contribution in [2.24, 2.45) is 11.7 Å². The number of nitrogens with two attached hydrogens (primary N) is 1. The maximum Gasteiger partial charge on any atom is 0.289 e. The largest absolute Gasteiger partial charge is 0.380 e. The van der Waals surface area contributed by atoms with Crippen LogP contribution < -0.4 is 11.1 Å². The lowest BCUT2D eigenvalue weighted by atomic mass is 9.85. The van der Waals surface area contributed by atoms with Crippen LogP contribution in [0.3, 0.4) is 0 Å². The number of anilines is 1. The van der Waals surface area contributed by atoms with E-state index in [0.29, 0.717) is 17.1 Å². The highest BCUT2D eigenvalue weighted by atomic mass is 16.6. The second-order valence-corrected chi connectivity index (χ2v) is 6.10. The Hall–Kier alpha value is -2.64. The standard InChI is InChI=1S/C15H19N5O3/c1-9-4-2-3-5-12(9)18-14-11(15(16)21)7-17-19-8-10(20(22)23)6-13(14)19/h6-9,12,18H,2-5H2,1H3,(H2,16,21)/t9-,12+/m0/s1. The van der Waals surface area contributed by atoms with Crippen LogP contribution in [-0.4, -0.2) is 26.5 Å². The maximum absolute atomic E-state index is 11.7. The Kier molecular flexibility index (Phi) is 3.89. The van der Waals surface area contributed by atoms with Crippen LogP contribution in [0.5, 0.6) is 0 Å². The van der Waals surface area contributed by atoms with Gasteiger partial charge in [0, 0.05) is 12.1 Å². The zero-order valence-electron chi connectivity index (χ0n) is 12.9. The van der Waals surface area contributed by atoms with E-state index in [1.807, 2.05) is 0 Å². The number of carbonyl (C=O) groups excluding carboxylic acids is 1. The number of aromatic nitrogens is 2. The van der Waals surface area contributed by atoms with E-state index in [0.717, 1.165) is 19.3 Å². The first kappa shape index (κ1) is 15.3. The predicted molar refractivity (Wildman–Crippen MR) is 85.4 cm³/mol. The van der Waals surface area contributed by atoms with Crippen molar-refractivity contribution < 1.29 is 9.72 Å². The normalized spacial score (nSPS) is 21.3. The molecule has 0 aromatic carbocycles. The van der Waals surface area contributed by atoms with Crippen molar-refractivity contribution in [3.05, 3.63) is 34.1 Å². The molecule has 1 saturated carbocycles. The average molecular weight is 317 g/mol. The van der Waals surface area contributed by atoms with Gasteiger partial charge in [-0.1, -0.05) is 19.8 Å². The highest BCUT2D eigenvalue weighted by Gasteiger charge is 2.25. The van der Waals surface area contributed by atoms with Crippen LogP contribution in [0.2, 0.25) is 0 Å². The third kappa shape index (κ3) is 2.84. The van der Waals surface area contributed by atoms with E-state index in [1.54, 1.807) is 0 Å². The van der Waals surface area contributed by atoms with Crippen molar-refractivity contribution in [3.8, 4) is 0 Å². The molecule has 3 rings (SSSR count). The molecule has 0 unspecified atom stereocenters. The first-order valence-corrected chi connectivity index (χ1v) is 7.69. The van der Waals surface area contributed by atoms with E-state index in [4.69, 9.17) is 5.73 Å². The number of nitrogens with zero attached hydrogens (tertiary/aromatic N) is 3. The van der Waals surface area contributed by atoms with Crippen molar-refractivity contribution in [1.82, 2.24) is 9.61 Å². The molecular weight excluding hydrogens is 298 g/mol. The first-order valence-electron chi connectivity index (χ1n) is 7.69. The van der Waals surface area contributed by atoms with Gasteiger partial charge < -0.3 is 11.1 Å². The van der Waals surface area contributed by atoms with Gasteiger partial charge in [-0.15, -0.1) is 0 Å². The summed E-state index contributed by atoms with van der Waals surface area (Å²) in [6.07, 6.45) is 7.12. The average Bonchev–Trinajstić information content (AvgIpc) is 2.94. The van der Waals surface area contributed by atoms with Gasteiger partial charge in [0.2, 0.25) is 0 Å². The van der Waals surface area contributed by atoms with Crippen LogP contribution in [-0.2, 0) is 0 Å². The van der Waals surface area contributed by atoms with Gasteiger partial charge in [0.15, 0.2) is 0 Å². The summed E-state index contributed by atoms with van der Waals surface area (Å²) < 4.78 is 1.40. The van der Waals surface area contributed by atoms with Gasteiger partial charge in [-0.2, -0.15) is 5.10 Å². The number of primary amides is 1. The van der Waals surface area contributed by atoms with E-state index in [2.05, 4.69) is 17.3 Å². The quantitative estimate of drug-likeness (QED) is 0.663. The molecule has 1 amide bonds. The summed E-state index contributed by atoms with van der Waals surface area (Å²) in [5, 5.41) is 18.4. The smallest absolute Gasteiger partial charge is 0.289 e. The number of hydrogen-bond acceptors (Lipinski definition) is 5. The molecular formula is C15H19N5O3. The van der Waals surface area contributed by atoms with E-state index in [1.165, 1.54) is 29.4 Å². The molecule has 0 saturated heterocycles. The zero-order valence-corrected chi connectivity index (χ0v) is 12.9. The zero-order chi connectivity index (χ0) is 16.6. The summed E-state index contributed by atoms with van der Waals surface area (Å²) >= 11 is 0. The fourth-order valence-corrected chi connectivity index (χ4v) is 3.20. The minimum Gasteiger partial charge on any atom is -0.380 e. The fraction of sp³-hybridized carbons (Fsp3) is 0.467. The van der Waals surface area contributed by atoms with E-state index >= 15 is 0 Å². The number of nitrogens with one attached hydrogen (secondary N) is 1. The van der Waals surface area contributed by atoms with Gasteiger partial charge in [0.25, 0.3) is 11.6 Å². The topological polar surface area (TPSA) is 116 Å². The summed E-state index contributed by atoms with van der Waals surface area (Å²) in [6, 6.07) is 1.62. The minimum atomic E-state index is -0.602. The van der Waals surface area contributed by atoms with Gasteiger partial charge >= 0.3 is 0 Å². The third-order valence-corrected chi connectivity index (χ3v) is 4.54. The molecule has 0 aliphatic heterocycles. The van der Waals surface area contributed by atoms with Crippen molar-refractivity contribution in [1.29, 1.82) is 0 Å². The predicted octanol–water partition coefficient (Wildman–Crippen LogP) is 2.33. The van der Waals surface area contributed by atoms with Gasteiger partial charge in [-0.05, 0) is 18.8 Å². The lowest BCUT2D eigenvalue weighted by Crippen LogP contribution is -2.31. The summed E-state index contributed by atoms with van der Waals surface area (Å²) in [4.78, 5) is 22.2. The lowest BCUT2D eigenvalue weighted by Gasteiger charge is -2.31. The molecule has 1 fully saturated rings. The summed E-state index contributed by atoms with van der Waals surface area (Å²) in [5.41, 5.74) is 6.65. The molecule has 8 heteroatoms. The number of fused-ring (bicyclic) bond motifs is 1. The molecule has 1 aliphatic rings. The number of rotatable bonds is 4. The highest BCUT2D eigenvalue weighted by molar-refractivity contribution is 6.02. The molecule has 2 aromatic heterocycles. The molecule has 8 nitrogen and oxygen atoms in total. The van der Waals surface area contributed by atoms with Gasteiger partial charge in [0.1, 0.15) is 6.20 Å². The molecule has 23 heavy (non-hydrogen) atoms. The van der Waals surface area contributed by atoms with Gasteiger partial charge in [-0.3, -0.25) is 14.9 Å². The number of carbonyl (C=O) groups is 1. The molecule has 2 heterocycles. The molecule has 0 spiro atoms. The van der Waals surface area contributed by atoms with E-state index in [-0.39, 0.29) is 17.3 Å². The number of nitro groups is 1. The number of amides is 1. The highest BCUT2D eigenvalue weighted by Crippen LogP contribution is 2.31. The Balaban J connectivity index is 2.08. The maximum atomic E-state index is 11.7. The van der Waals surface area contributed by atoms with Crippen molar-refractivity contribution in [3.63, 3.8) is 0 Å². The van der Waals surface area contributed by atoms with E-state index in [9.17, 15) is 14.9 Å². The molecule has 0 radical (unpaired) electrons. The Labute approximate surface area is 132 Å². The Morgan fingerprint density at radius 3 is 2.87 bits per heavy atom. The molecule has 0 bridgehead atoms. The minimum absolute atomic E-state index is 0.0705. The fourth-order valence-electron chi connectivity index (χ4n) is 3.20. The summed E-state index contributed by atoms with van der Waals surface area (Å²) in [5.74, 6) is -0.141. The van der Waals surface area contributed by atoms with Crippen LogP contribution in [0.4, 0.5) is 11.4 Å². The second kappa shape index (κ2) is 5.86. The number of hydrogen-bond donors (Lipinski definition) is 2. The summed E-state index contributed by atoms with van der Waals surface area (Å²) in [6.45, 7) is 2.17. The molecule has 3 N–H and O–H groups in total. The van der Waals surface area contributed by atoms with Crippen LogP contribution in [0.1, 0.15) is 43.0 Å². The van der Waals surface area contributed by atoms with Crippen molar-refractivity contribution in [2.45, 2.75) is 38.6 Å². The van der Waals surface area contributed by atoms with Crippen molar-refractivity contribution >= 4 is 22.8 Å². The van der Waals surface area contributed by atoms with Crippen LogP contribution in [0.15, 0.2) is 18.5 Å². The molecule has 2 atom stereocenters. The molecule has 1 aliphatic carbocycles. The SMILES string of the molecule is C[C@H]1CCCC[C@H]1Nc1c(C(N)=O)cnn2cc([N+](=O)[O-])cc12. The first-order chi connectivity index (χ1) is 11.0. The monoisotopic (exact) mass is 317 g/mol. The van der Waals surface area contributed by atoms with Crippen LogP contribution in [0.25, 0.3) is 5.52 Å². The molecule has 2 aromatic rings. The Bertz CT molecular complexity index is 770. The van der Waals surface area contributed by atoms with Gasteiger partial charge in [-0.25, -0.2) is 4.52 Å². The van der Waals surface area contributed by atoms with E-state index < -0.39 is 10.8 Å². The Morgan fingerprint density at radius 1 is 1.48 bits per heavy atom. The lowest BCUT2D eigenvalue weighted by molar-refractivity contribution is -0.384. The van der Waals surface area contributed by atoms with Crippen molar-refractivity contribution in [2.75, 3.05) is 5.32 Å². The van der Waals surface area contributed by atoms with Gasteiger partial charge in [0.05, 0.1) is 27.9 Å². The third-order valence-electron chi connectivity index (χ3n) is 4.54. The Morgan fingerprint density at radius 2 is 2.22 bits per heavy atom. The molecule has 122 valence electrons. The summed E-state index contributed by atoms with van der Waals surface area (Å²) in [7, 11) is 0.